The van der Waals surface area contributed by atoms with Crippen LogP contribution in [0, 0.1) is 0 Å². The molecule has 0 aromatic carbocycles. The zero-order valence-electron chi connectivity index (χ0n) is 8.82. The molecule has 1 nitrogen and oxygen atoms in total. The van der Waals surface area contributed by atoms with E-state index in [9.17, 15) is 0 Å². The Kier molecular flexibility index (Phi) is 15.2. The van der Waals surface area contributed by atoms with Crippen LogP contribution < -0.4 is 5.32 Å². The minimum atomic E-state index is 1.02. The van der Waals surface area contributed by atoms with Gasteiger partial charge in [0.25, 0.3) is 0 Å². The second-order valence-electron chi connectivity index (χ2n) is 2.80. The summed E-state index contributed by atoms with van der Waals surface area (Å²) in [6.45, 7) is 15.6. The average molecular weight is 169 g/mol. The van der Waals surface area contributed by atoms with Crippen LogP contribution in [0.5, 0.6) is 0 Å². The lowest BCUT2D eigenvalue weighted by molar-refractivity contribution is 0.662. The standard InChI is InChI=1S/C6H15N.C5H8/c1-3-5-7-6-4-2;1-4-5(2)3/h7H,3-6H2,1-2H3;4H,1-2H2,3H3. The van der Waals surface area contributed by atoms with Gasteiger partial charge in [-0.25, -0.2) is 0 Å². The molecule has 0 fully saturated rings. The highest BCUT2D eigenvalue weighted by molar-refractivity contribution is 5.05. The summed E-state index contributed by atoms with van der Waals surface area (Å²) in [5.41, 5.74) is 1.02. The number of allylic oxidation sites excluding steroid dienone is 2. The maximum Gasteiger partial charge on any atom is -0.00516 e. The zero-order chi connectivity index (χ0) is 9.82. The van der Waals surface area contributed by atoms with E-state index in [4.69, 9.17) is 0 Å². The van der Waals surface area contributed by atoms with E-state index >= 15 is 0 Å². The van der Waals surface area contributed by atoms with E-state index in [2.05, 4.69) is 32.3 Å². The van der Waals surface area contributed by atoms with Gasteiger partial charge >= 0.3 is 0 Å². The molecule has 0 saturated heterocycles. The molecule has 72 valence electrons. The maximum atomic E-state index is 3.56. The predicted molar refractivity (Wildman–Crippen MR) is 58.5 cm³/mol. The van der Waals surface area contributed by atoms with Gasteiger partial charge in [0.2, 0.25) is 0 Å². The van der Waals surface area contributed by atoms with Gasteiger partial charge in [0.15, 0.2) is 0 Å². The molecule has 0 atom stereocenters. The van der Waals surface area contributed by atoms with Crippen molar-refractivity contribution in [2.24, 2.45) is 0 Å². The fraction of sp³-hybridized carbons (Fsp3) is 0.636. The molecule has 0 aromatic rings. The second-order valence-corrected chi connectivity index (χ2v) is 2.80. The van der Waals surface area contributed by atoms with Gasteiger partial charge in [-0.3, -0.25) is 0 Å². The molecule has 0 heterocycles. The summed E-state index contributed by atoms with van der Waals surface area (Å²) in [6.07, 6.45) is 4.22. The molecule has 12 heavy (non-hydrogen) atoms. The van der Waals surface area contributed by atoms with E-state index in [1.165, 1.54) is 25.9 Å². The van der Waals surface area contributed by atoms with Crippen molar-refractivity contribution in [2.45, 2.75) is 33.6 Å². The molecule has 0 aliphatic heterocycles. The summed E-state index contributed by atoms with van der Waals surface area (Å²) >= 11 is 0. The Morgan fingerprint density at radius 2 is 1.58 bits per heavy atom. The molecule has 0 spiro atoms. The van der Waals surface area contributed by atoms with Crippen molar-refractivity contribution >= 4 is 0 Å². The normalized spacial score (nSPS) is 8.25. The summed E-state index contributed by atoms with van der Waals surface area (Å²) in [4.78, 5) is 0. The van der Waals surface area contributed by atoms with E-state index in [0.29, 0.717) is 0 Å². The van der Waals surface area contributed by atoms with Gasteiger partial charge < -0.3 is 5.32 Å². The first-order valence-electron chi connectivity index (χ1n) is 4.67. The molecule has 1 heteroatoms. The van der Waals surface area contributed by atoms with Crippen molar-refractivity contribution in [3.63, 3.8) is 0 Å². The van der Waals surface area contributed by atoms with E-state index in [1.54, 1.807) is 6.08 Å². The largest absolute Gasteiger partial charge is 0.317 e. The summed E-state index contributed by atoms with van der Waals surface area (Å²) < 4.78 is 0. The highest BCUT2D eigenvalue weighted by Crippen LogP contribution is 1.81. The molecule has 1 N–H and O–H groups in total. The summed E-state index contributed by atoms with van der Waals surface area (Å²) in [5.74, 6) is 0. The van der Waals surface area contributed by atoms with Crippen molar-refractivity contribution in [3.8, 4) is 0 Å². The summed E-state index contributed by atoms with van der Waals surface area (Å²) in [7, 11) is 0. The number of hydrogen-bond donors (Lipinski definition) is 1. The van der Waals surface area contributed by atoms with Crippen LogP contribution in [0.4, 0.5) is 0 Å². The molecular formula is C11H23N. The van der Waals surface area contributed by atoms with Crippen LogP contribution in [0.1, 0.15) is 33.6 Å². The van der Waals surface area contributed by atoms with Gasteiger partial charge in [-0.05, 0) is 32.9 Å². The van der Waals surface area contributed by atoms with Gasteiger partial charge in [-0.15, -0.1) is 0 Å². The summed E-state index contributed by atoms with van der Waals surface area (Å²) in [6, 6.07) is 0. The average Bonchev–Trinajstić information content (AvgIpc) is 2.07. The Morgan fingerprint density at radius 1 is 1.25 bits per heavy atom. The monoisotopic (exact) mass is 169 g/mol. The first-order valence-corrected chi connectivity index (χ1v) is 4.67. The number of nitrogens with one attached hydrogen (secondary N) is 1. The van der Waals surface area contributed by atoms with Crippen LogP contribution >= 0.6 is 0 Å². The smallest absolute Gasteiger partial charge is 0.00516 e. The van der Waals surface area contributed by atoms with Gasteiger partial charge in [-0.1, -0.05) is 38.7 Å². The van der Waals surface area contributed by atoms with Crippen LogP contribution in [0.25, 0.3) is 0 Å². The minimum Gasteiger partial charge on any atom is -0.317 e. The van der Waals surface area contributed by atoms with Crippen molar-refractivity contribution in [1.82, 2.24) is 5.32 Å². The first kappa shape index (κ1) is 14.0. The fourth-order valence-electron chi connectivity index (χ4n) is 0.479. The highest BCUT2D eigenvalue weighted by atomic mass is 14.8. The first-order chi connectivity index (χ1) is 5.68. The summed E-state index contributed by atoms with van der Waals surface area (Å²) in [5, 5.41) is 3.28. The topological polar surface area (TPSA) is 12.0 Å². The number of rotatable bonds is 5. The molecule has 0 aliphatic rings. The van der Waals surface area contributed by atoms with E-state index < -0.39 is 0 Å². The Morgan fingerprint density at radius 3 is 1.75 bits per heavy atom. The highest BCUT2D eigenvalue weighted by Gasteiger charge is 1.76. The van der Waals surface area contributed by atoms with Crippen LogP contribution in [0.3, 0.4) is 0 Å². The lowest BCUT2D eigenvalue weighted by atomic mass is 10.4. The third-order valence-electron chi connectivity index (χ3n) is 1.20. The van der Waals surface area contributed by atoms with Gasteiger partial charge in [0.05, 0.1) is 0 Å². The lowest BCUT2D eigenvalue weighted by Gasteiger charge is -1.95. The molecule has 0 saturated carbocycles. The molecule has 0 rings (SSSR count). The van der Waals surface area contributed by atoms with Gasteiger partial charge in [-0.2, -0.15) is 0 Å². The second kappa shape index (κ2) is 13.1. The molecular weight excluding hydrogens is 146 g/mol. The SMILES string of the molecule is C=CC(=C)C.CCCNCCC. The number of hydrogen-bond acceptors (Lipinski definition) is 1. The van der Waals surface area contributed by atoms with E-state index in [0.717, 1.165) is 5.57 Å². The Balaban J connectivity index is 0. The molecule has 0 radical (unpaired) electrons. The van der Waals surface area contributed by atoms with Gasteiger partial charge in [0.1, 0.15) is 0 Å². The van der Waals surface area contributed by atoms with Crippen molar-refractivity contribution in [2.75, 3.05) is 13.1 Å². The van der Waals surface area contributed by atoms with Crippen LogP contribution in [-0.4, -0.2) is 13.1 Å². The van der Waals surface area contributed by atoms with Crippen molar-refractivity contribution in [1.29, 1.82) is 0 Å². The predicted octanol–water partition coefficient (Wildman–Crippen LogP) is 3.14. The minimum absolute atomic E-state index is 1.02. The van der Waals surface area contributed by atoms with Crippen molar-refractivity contribution < 1.29 is 0 Å². The molecule has 0 unspecified atom stereocenters. The third-order valence-corrected chi connectivity index (χ3v) is 1.20. The van der Waals surface area contributed by atoms with Gasteiger partial charge in [0, 0.05) is 0 Å². The van der Waals surface area contributed by atoms with Crippen LogP contribution in [0.2, 0.25) is 0 Å². The molecule has 0 aliphatic carbocycles. The van der Waals surface area contributed by atoms with Crippen LogP contribution in [0.15, 0.2) is 24.8 Å². The van der Waals surface area contributed by atoms with Crippen molar-refractivity contribution in [3.05, 3.63) is 24.8 Å². The molecule has 0 amide bonds. The maximum absolute atomic E-state index is 3.56. The Hall–Kier alpha value is -0.560. The fourth-order valence-corrected chi connectivity index (χ4v) is 0.479. The van der Waals surface area contributed by atoms with Crippen LogP contribution in [-0.2, 0) is 0 Å². The van der Waals surface area contributed by atoms with E-state index in [-0.39, 0.29) is 0 Å². The lowest BCUT2D eigenvalue weighted by Crippen LogP contribution is -2.14. The quantitative estimate of drug-likeness (QED) is 0.492. The Bertz CT molecular complexity index is 102. The Labute approximate surface area is 77.6 Å². The third kappa shape index (κ3) is 22.7. The zero-order valence-corrected chi connectivity index (χ0v) is 8.82. The molecule has 0 aromatic heterocycles. The molecule has 0 bridgehead atoms. The van der Waals surface area contributed by atoms with E-state index in [1.807, 2.05) is 6.92 Å².